The number of halogens is 6. The van der Waals surface area contributed by atoms with E-state index in [1.807, 2.05) is 0 Å². The summed E-state index contributed by atoms with van der Waals surface area (Å²) >= 11 is 0. The largest absolute Gasteiger partial charge is 0.426 e. The summed E-state index contributed by atoms with van der Waals surface area (Å²) in [5, 5.41) is 12.9. The highest BCUT2D eigenvalue weighted by molar-refractivity contribution is 5.74. The van der Waals surface area contributed by atoms with Crippen LogP contribution in [0.5, 0.6) is 0 Å². The lowest BCUT2D eigenvalue weighted by Crippen LogP contribution is -2.65. The molecular weight excluding hydrogens is 412 g/mol. The Kier molecular flexibility index (Phi) is 5.90. The van der Waals surface area contributed by atoms with Crippen molar-refractivity contribution in [3.63, 3.8) is 0 Å². The molecule has 3 nitrogen and oxygen atoms in total. The van der Waals surface area contributed by atoms with Crippen LogP contribution in [-0.4, -0.2) is 34.5 Å². The first-order chi connectivity index (χ1) is 13.8. The molecule has 3 unspecified atom stereocenters. The predicted octanol–water partition coefficient (Wildman–Crippen LogP) is 5.10. The van der Waals surface area contributed by atoms with Gasteiger partial charge in [0.25, 0.3) is 5.60 Å². The van der Waals surface area contributed by atoms with Crippen molar-refractivity contribution in [1.29, 1.82) is 0 Å². The van der Waals surface area contributed by atoms with Crippen LogP contribution in [-0.2, 0) is 4.79 Å². The van der Waals surface area contributed by atoms with Gasteiger partial charge in [-0.2, -0.15) is 26.3 Å². The standard InChI is InChI=1S/C21H25F6NO2/c1-13(29)28-18(12-14-7-8-14)10-9-16(11-17(18)15-5-3-2-4-6-15)19(30,20(22,23)24)21(25,26)27/h2-6,14,16-17,30H,7-12H2,1H3,(H,28,29). The second-order valence-corrected chi connectivity index (χ2v) is 8.68. The zero-order valence-corrected chi connectivity index (χ0v) is 16.5. The highest BCUT2D eigenvalue weighted by Crippen LogP contribution is 2.57. The third-order valence-electron chi connectivity index (χ3n) is 6.56. The van der Waals surface area contributed by atoms with E-state index in [0.717, 1.165) is 12.8 Å². The Morgan fingerprint density at radius 2 is 1.63 bits per heavy atom. The average molecular weight is 437 g/mol. The first kappa shape index (κ1) is 22.9. The van der Waals surface area contributed by atoms with Gasteiger partial charge in [-0.25, -0.2) is 0 Å². The molecule has 0 aromatic heterocycles. The molecule has 0 heterocycles. The summed E-state index contributed by atoms with van der Waals surface area (Å²) in [4.78, 5) is 12.0. The summed E-state index contributed by atoms with van der Waals surface area (Å²) in [6.45, 7) is 1.30. The third kappa shape index (κ3) is 4.18. The minimum atomic E-state index is -5.86. The zero-order chi connectivity index (χ0) is 22.4. The lowest BCUT2D eigenvalue weighted by Gasteiger charge is -2.51. The minimum absolute atomic E-state index is 0.0677. The van der Waals surface area contributed by atoms with Crippen LogP contribution in [0.15, 0.2) is 30.3 Å². The number of amides is 1. The predicted molar refractivity (Wildman–Crippen MR) is 97.5 cm³/mol. The summed E-state index contributed by atoms with van der Waals surface area (Å²) in [6, 6.07) is 8.32. The van der Waals surface area contributed by atoms with E-state index in [-0.39, 0.29) is 18.2 Å². The molecule has 0 aliphatic heterocycles. The Hall–Kier alpha value is -1.77. The van der Waals surface area contributed by atoms with Crippen molar-refractivity contribution in [3.8, 4) is 0 Å². The first-order valence-electron chi connectivity index (χ1n) is 9.99. The number of hydrogen-bond donors (Lipinski definition) is 2. The number of alkyl halides is 6. The van der Waals surface area contributed by atoms with E-state index in [0.29, 0.717) is 12.0 Å². The Balaban J connectivity index is 2.05. The molecule has 0 radical (unpaired) electrons. The number of hydrogen-bond acceptors (Lipinski definition) is 2. The number of benzene rings is 1. The monoisotopic (exact) mass is 437 g/mol. The highest BCUT2D eigenvalue weighted by atomic mass is 19.4. The fourth-order valence-corrected chi connectivity index (χ4v) is 5.01. The van der Waals surface area contributed by atoms with Crippen LogP contribution in [0.2, 0.25) is 0 Å². The molecule has 1 amide bonds. The molecule has 0 spiro atoms. The van der Waals surface area contributed by atoms with Gasteiger partial charge in [0.15, 0.2) is 0 Å². The summed E-state index contributed by atoms with van der Waals surface area (Å²) in [5.74, 6) is -2.94. The SMILES string of the molecule is CC(=O)NC1(CC2CC2)CCC(C(O)(C(F)(F)F)C(F)(F)F)CC1c1ccccc1. The third-order valence-corrected chi connectivity index (χ3v) is 6.56. The summed E-state index contributed by atoms with van der Waals surface area (Å²) in [5.41, 5.74) is -5.18. The van der Waals surface area contributed by atoms with E-state index in [1.165, 1.54) is 6.92 Å². The van der Waals surface area contributed by atoms with Crippen LogP contribution in [0.1, 0.15) is 56.9 Å². The molecule has 2 saturated carbocycles. The second kappa shape index (κ2) is 7.73. The quantitative estimate of drug-likeness (QED) is 0.630. The van der Waals surface area contributed by atoms with Crippen molar-refractivity contribution in [2.75, 3.05) is 0 Å². The van der Waals surface area contributed by atoms with Crippen LogP contribution in [0.4, 0.5) is 26.3 Å². The molecule has 168 valence electrons. The summed E-state index contributed by atoms with van der Waals surface area (Å²) < 4.78 is 81.0. The molecule has 9 heteroatoms. The molecule has 1 aromatic carbocycles. The number of carbonyl (C=O) groups is 1. The van der Waals surface area contributed by atoms with Crippen molar-refractivity contribution >= 4 is 5.91 Å². The minimum Gasteiger partial charge on any atom is -0.373 e. The van der Waals surface area contributed by atoms with Gasteiger partial charge in [0.1, 0.15) is 0 Å². The Labute approximate surface area is 170 Å². The van der Waals surface area contributed by atoms with Gasteiger partial charge >= 0.3 is 12.4 Å². The topological polar surface area (TPSA) is 49.3 Å². The fraction of sp³-hybridized carbons (Fsp3) is 0.667. The average Bonchev–Trinajstić information content (AvgIpc) is 3.43. The van der Waals surface area contributed by atoms with Crippen molar-refractivity contribution in [2.24, 2.45) is 11.8 Å². The van der Waals surface area contributed by atoms with Gasteiger partial charge in [0.05, 0.1) is 0 Å². The Morgan fingerprint density at radius 1 is 1.07 bits per heavy atom. The van der Waals surface area contributed by atoms with Crippen LogP contribution in [0, 0.1) is 11.8 Å². The molecule has 2 N–H and O–H groups in total. The van der Waals surface area contributed by atoms with Crippen LogP contribution in [0.3, 0.4) is 0 Å². The number of carbonyl (C=O) groups excluding carboxylic acids is 1. The highest BCUT2D eigenvalue weighted by Gasteiger charge is 2.74. The van der Waals surface area contributed by atoms with Gasteiger partial charge in [-0.3, -0.25) is 4.79 Å². The Morgan fingerprint density at radius 3 is 2.10 bits per heavy atom. The van der Waals surface area contributed by atoms with Gasteiger partial charge in [-0.1, -0.05) is 43.2 Å². The van der Waals surface area contributed by atoms with Crippen molar-refractivity contribution < 1.29 is 36.2 Å². The van der Waals surface area contributed by atoms with Gasteiger partial charge in [0, 0.05) is 24.3 Å². The maximum atomic E-state index is 13.5. The van der Waals surface area contributed by atoms with E-state index in [1.54, 1.807) is 30.3 Å². The molecule has 3 rings (SSSR count). The van der Waals surface area contributed by atoms with E-state index in [9.17, 15) is 36.2 Å². The van der Waals surface area contributed by atoms with Gasteiger partial charge < -0.3 is 10.4 Å². The first-order valence-corrected chi connectivity index (χ1v) is 9.99. The molecule has 2 aliphatic rings. The molecule has 2 fully saturated rings. The lowest BCUT2D eigenvalue weighted by molar-refractivity contribution is -0.388. The van der Waals surface area contributed by atoms with Crippen LogP contribution >= 0.6 is 0 Å². The second-order valence-electron chi connectivity index (χ2n) is 8.68. The van der Waals surface area contributed by atoms with Crippen LogP contribution in [0.25, 0.3) is 0 Å². The number of rotatable bonds is 5. The van der Waals surface area contributed by atoms with Gasteiger partial charge in [-0.15, -0.1) is 0 Å². The van der Waals surface area contributed by atoms with Gasteiger partial charge in [-0.05, 0) is 37.2 Å². The molecular formula is C21H25F6NO2. The molecule has 30 heavy (non-hydrogen) atoms. The number of aliphatic hydroxyl groups is 1. The molecule has 0 saturated heterocycles. The van der Waals surface area contributed by atoms with Crippen molar-refractivity contribution in [3.05, 3.63) is 35.9 Å². The van der Waals surface area contributed by atoms with Crippen LogP contribution < -0.4 is 5.32 Å². The molecule has 1 aromatic rings. The van der Waals surface area contributed by atoms with E-state index in [4.69, 9.17) is 0 Å². The van der Waals surface area contributed by atoms with E-state index < -0.39 is 48.2 Å². The van der Waals surface area contributed by atoms with Gasteiger partial charge in [0.2, 0.25) is 5.91 Å². The molecule has 2 aliphatic carbocycles. The summed E-state index contributed by atoms with van der Waals surface area (Å²) in [7, 11) is 0. The lowest BCUT2D eigenvalue weighted by atomic mass is 9.60. The van der Waals surface area contributed by atoms with Crippen molar-refractivity contribution in [2.45, 2.75) is 74.9 Å². The number of nitrogens with one attached hydrogen (secondary N) is 1. The summed E-state index contributed by atoms with van der Waals surface area (Å²) in [6.07, 6.45) is -10.5. The van der Waals surface area contributed by atoms with Crippen molar-refractivity contribution in [1.82, 2.24) is 5.32 Å². The maximum absolute atomic E-state index is 13.5. The van der Waals surface area contributed by atoms with E-state index in [2.05, 4.69) is 5.32 Å². The molecule has 0 bridgehead atoms. The normalized spacial score (nSPS) is 28.3. The maximum Gasteiger partial charge on any atom is 0.426 e. The van der Waals surface area contributed by atoms with E-state index >= 15 is 0 Å². The zero-order valence-electron chi connectivity index (χ0n) is 16.5. The molecule has 3 atom stereocenters. The Bertz CT molecular complexity index is 745. The fourth-order valence-electron chi connectivity index (χ4n) is 5.01. The smallest absolute Gasteiger partial charge is 0.373 e.